The summed E-state index contributed by atoms with van der Waals surface area (Å²) in [5.41, 5.74) is 0. The molecule has 1 aliphatic heterocycles. The monoisotopic (exact) mass is 256 g/mol. The standard InChI is InChI=1S/C10H12N2O6/c1-5(15)12-9-6(11-4-14)2-7(10(16)17)18-8(9)3-13/h2-4,6,8-9H,1H3,(H,11,14)(H,12,15)(H,16,17)/t6-,8-,9+/m0/s1. The van der Waals surface area contributed by atoms with Crippen LogP contribution in [0.1, 0.15) is 6.92 Å². The number of hydrogen-bond donors (Lipinski definition) is 3. The molecule has 8 heteroatoms. The summed E-state index contributed by atoms with van der Waals surface area (Å²) < 4.78 is 4.91. The van der Waals surface area contributed by atoms with Gasteiger partial charge in [0.05, 0.1) is 12.1 Å². The van der Waals surface area contributed by atoms with Gasteiger partial charge in [0.25, 0.3) is 0 Å². The normalized spacial score (nSPS) is 26.3. The average Bonchev–Trinajstić information content (AvgIpc) is 2.30. The van der Waals surface area contributed by atoms with Gasteiger partial charge in [-0.1, -0.05) is 0 Å². The Kier molecular flexibility index (Phi) is 4.41. The molecule has 0 saturated carbocycles. The van der Waals surface area contributed by atoms with Crippen LogP contribution in [0.3, 0.4) is 0 Å². The number of amides is 2. The number of nitrogens with one attached hydrogen (secondary N) is 2. The van der Waals surface area contributed by atoms with Crippen molar-refractivity contribution >= 4 is 24.6 Å². The molecule has 1 heterocycles. The highest BCUT2D eigenvalue weighted by atomic mass is 16.5. The predicted octanol–water partition coefficient (Wildman–Crippen LogP) is -1.83. The van der Waals surface area contributed by atoms with Crippen molar-refractivity contribution in [2.24, 2.45) is 0 Å². The summed E-state index contributed by atoms with van der Waals surface area (Å²) in [7, 11) is 0. The largest absolute Gasteiger partial charge is 0.475 e. The molecule has 3 atom stereocenters. The minimum absolute atomic E-state index is 0.350. The van der Waals surface area contributed by atoms with Crippen molar-refractivity contribution in [3.63, 3.8) is 0 Å². The highest BCUT2D eigenvalue weighted by Gasteiger charge is 2.37. The minimum atomic E-state index is -1.36. The summed E-state index contributed by atoms with van der Waals surface area (Å²) in [6.45, 7) is 1.23. The van der Waals surface area contributed by atoms with Crippen LogP contribution < -0.4 is 10.6 Å². The van der Waals surface area contributed by atoms with Crippen molar-refractivity contribution in [2.75, 3.05) is 0 Å². The number of ether oxygens (including phenoxy) is 1. The lowest BCUT2D eigenvalue weighted by atomic mass is 9.99. The van der Waals surface area contributed by atoms with E-state index in [-0.39, 0.29) is 0 Å². The Balaban J connectivity index is 3.04. The van der Waals surface area contributed by atoms with E-state index in [2.05, 4.69) is 10.6 Å². The van der Waals surface area contributed by atoms with E-state index in [0.717, 1.165) is 6.08 Å². The minimum Gasteiger partial charge on any atom is -0.475 e. The maximum atomic E-state index is 11.0. The zero-order valence-electron chi connectivity index (χ0n) is 9.45. The van der Waals surface area contributed by atoms with Gasteiger partial charge in [0.1, 0.15) is 0 Å². The Morgan fingerprint density at radius 2 is 2.11 bits per heavy atom. The Hall–Kier alpha value is -2.38. The highest BCUT2D eigenvalue weighted by Crippen LogP contribution is 2.17. The van der Waals surface area contributed by atoms with Gasteiger partial charge >= 0.3 is 5.97 Å². The topological polar surface area (TPSA) is 122 Å². The Labute approximate surface area is 102 Å². The molecule has 0 spiro atoms. The Bertz CT molecular complexity index is 405. The molecule has 2 amide bonds. The van der Waals surface area contributed by atoms with Crippen LogP contribution in [-0.4, -0.2) is 47.9 Å². The van der Waals surface area contributed by atoms with Gasteiger partial charge in [0.2, 0.25) is 18.1 Å². The van der Waals surface area contributed by atoms with Crippen LogP contribution in [0.25, 0.3) is 0 Å². The molecule has 0 unspecified atom stereocenters. The Morgan fingerprint density at radius 1 is 1.44 bits per heavy atom. The second-order valence-electron chi connectivity index (χ2n) is 3.59. The van der Waals surface area contributed by atoms with E-state index in [1.807, 2.05) is 0 Å². The zero-order valence-corrected chi connectivity index (χ0v) is 9.45. The second kappa shape index (κ2) is 5.80. The lowest BCUT2D eigenvalue weighted by Crippen LogP contribution is -2.58. The van der Waals surface area contributed by atoms with Crippen LogP contribution in [0.4, 0.5) is 0 Å². The van der Waals surface area contributed by atoms with Gasteiger partial charge in [-0.3, -0.25) is 14.4 Å². The van der Waals surface area contributed by atoms with E-state index in [1.54, 1.807) is 0 Å². The smallest absolute Gasteiger partial charge is 0.370 e. The van der Waals surface area contributed by atoms with E-state index in [0.29, 0.717) is 12.7 Å². The van der Waals surface area contributed by atoms with Crippen molar-refractivity contribution in [1.82, 2.24) is 10.6 Å². The first-order valence-corrected chi connectivity index (χ1v) is 5.03. The first-order chi connectivity index (χ1) is 8.49. The number of carboxylic acid groups (broad SMARTS) is 1. The summed E-state index contributed by atoms with van der Waals surface area (Å²) in [5.74, 6) is -2.24. The van der Waals surface area contributed by atoms with Gasteiger partial charge in [0, 0.05) is 6.92 Å². The van der Waals surface area contributed by atoms with E-state index in [1.165, 1.54) is 6.92 Å². The van der Waals surface area contributed by atoms with Crippen LogP contribution >= 0.6 is 0 Å². The number of rotatable bonds is 5. The lowest BCUT2D eigenvalue weighted by molar-refractivity contribution is -0.140. The lowest BCUT2D eigenvalue weighted by Gasteiger charge is -2.33. The second-order valence-corrected chi connectivity index (χ2v) is 3.59. The Morgan fingerprint density at radius 3 is 2.56 bits per heavy atom. The molecule has 0 aromatic rings. The first-order valence-electron chi connectivity index (χ1n) is 5.03. The third kappa shape index (κ3) is 3.06. The van der Waals surface area contributed by atoms with Crippen LogP contribution in [-0.2, 0) is 23.9 Å². The fourth-order valence-electron chi connectivity index (χ4n) is 1.60. The van der Waals surface area contributed by atoms with Gasteiger partial charge < -0.3 is 20.5 Å². The van der Waals surface area contributed by atoms with Gasteiger partial charge in [-0.15, -0.1) is 0 Å². The van der Waals surface area contributed by atoms with E-state index in [9.17, 15) is 19.2 Å². The summed E-state index contributed by atoms with van der Waals surface area (Å²) in [5, 5.41) is 13.5. The molecule has 0 radical (unpaired) electrons. The van der Waals surface area contributed by atoms with Crippen molar-refractivity contribution in [1.29, 1.82) is 0 Å². The van der Waals surface area contributed by atoms with Gasteiger partial charge in [-0.2, -0.15) is 0 Å². The molecule has 18 heavy (non-hydrogen) atoms. The summed E-state index contributed by atoms with van der Waals surface area (Å²) in [6.07, 6.45) is 0.665. The molecular formula is C10H12N2O6. The number of aldehydes is 1. The number of carboxylic acids is 1. The predicted molar refractivity (Wildman–Crippen MR) is 57.2 cm³/mol. The summed E-state index contributed by atoms with van der Waals surface area (Å²) in [4.78, 5) is 43.1. The van der Waals surface area contributed by atoms with Crippen LogP contribution in [0.15, 0.2) is 11.8 Å². The molecule has 0 fully saturated rings. The fraction of sp³-hybridized carbons (Fsp3) is 0.400. The number of hydrogen-bond acceptors (Lipinski definition) is 5. The summed E-state index contributed by atoms with van der Waals surface area (Å²) >= 11 is 0. The maximum absolute atomic E-state index is 11.0. The van der Waals surface area contributed by atoms with E-state index >= 15 is 0 Å². The van der Waals surface area contributed by atoms with E-state index < -0.39 is 35.8 Å². The third-order valence-electron chi connectivity index (χ3n) is 2.31. The molecule has 0 aromatic carbocycles. The molecule has 1 aliphatic rings. The summed E-state index contributed by atoms with van der Waals surface area (Å²) in [6, 6.07) is -1.69. The van der Waals surface area contributed by atoms with Gasteiger partial charge in [-0.05, 0) is 6.08 Å². The quantitative estimate of drug-likeness (QED) is 0.497. The van der Waals surface area contributed by atoms with Crippen LogP contribution in [0, 0.1) is 0 Å². The molecule has 0 bridgehead atoms. The van der Waals surface area contributed by atoms with Crippen molar-refractivity contribution in [2.45, 2.75) is 25.1 Å². The SMILES string of the molecule is CC(=O)N[C@@H]1[C@@H](NC=O)C=C(C(=O)O)O[C@H]1C=O. The molecular weight excluding hydrogens is 244 g/mol. The van der Waals surface area contributed by atoms with Gasteiger partial charge in [0.15, 0.2) is 12.4 Å². The van der Waals surface area contributed by atoms with Crippen LogP contribution in [0.2, 0.25) is 0 Å². The van der Waals surface area contributed by atoms with Crippen LogP contribution in [0.5, 0.6) is 0 Å². The van der Waals surface area contributed by atoms with Crippen molar-refractivity contribution in [3.8, 4) is 0 Å². The average molecular weight is 256 g/mol. The number of aliphatic carboxylic acids is 1. The maximum Gasteiger partial charge on any atom is 0.370 e. The van der Waals surface area contributed by atoms with Crippen molar-refractivity contribution < 1.29 is 29.0 Å². The molecule has 98 valence electrons. The molecule has 0 saturated heterocycles. The van der Waals surface area contributed by atoms with E-state index in [4.69, 9.17) is 9.84 Å². The first kappa shape index (κ1) is 13.7. The van der Waals surface area contributed by atoms with Crippen molar-refractivity contribution in [3.05, 3.63) is 11.8 Å². The molecule has 8 nitrogen and oxygen atoms in total. The van der Waals surface area contributed by atoms with Gasteiger partial charge in [-0.25, -0.2) is 4.79 Å². The number of carbonyl (C=O) groups is 4. The molecule has 3 N–H and O–H groups in total. The highest BCUT2D eigenvalue weighted by molar-refractivity contribution is 5.85. The molecule has 0 aliphatic carbocycles. The molecule has 0 aromatic heterocycles. The number of carbonyl (C=O) groups excluding carboxylic acids is 3. The molecule has 1 rings (SSSR count). The fourth-order valence-corrected chi connectivity index (χ4v) is 1.60. The zero-order chi connectivity index (χ0) is 13.7. The third-order valence-corrected chi connectivity index (χ3v) is 2.31.